The van der Waals surface area contributed by atoms with Crippen LogP contribution >= 0.6 is 0 Å². The lowest BCUT2D eigenvalue weighted by molar-refractivity contribution is 0.122. The predicted octanol–water partition coefficient (Wildman–Crippen LogP) is 1.03. The van der Waals surface area contributed by atoms with Crippen LogP contribution in [0.5, 0.6) is 0 Å². The molecule has 0 radical (unpaired) electrons. The molecule has 6 nitrogen and oxygen atoms in total. The number of nitrogens with one attached hydrogen (secondary N) is 1. The van der Waals surface area contributed by atoms with Crippen molar-refractivity contribution in [2.75, 3.05) is 32.5 Å². The van der Waals surface area contributed by atoms with Gasteiger partial charge in [-0.3, -0.25) is 0 Å². The molecule has 2 amide bonds. The number of nitrogens with zero attached hydrogens (tertiary/aromatic N) is 1. The van der Waals surface area contributed by atoms with Crippen LogP contribution in [0.25, 0.3) is 0 Å². The first-order chi connectivity index (χ1) is 10.5. The molecule has 2 rings (SSSR count). The highest BCUT2D eigenvalue weighted by Crippen LogP contribution is 2.15. The summed E-state index contributed by atoms with van der Waals surface area (Å²) in [5.41, 5.74) is 1.09. The van der Waals surface area contributed by atoms with E-state index in [2.05, 4.69) is 5.32 Å². The highest BCUT2D eigenvalue weighted by Gasteiger charge is 2.32. The summed E-state index contributed by atoms with van der Waals surface area (Å²) in [5, 5.41) is 2.31. The lowest BCUT2D eigenvalue weighted by Gasteiger charge is -2.17. The second kappa shape index (κ2) is 7.60. The van der Waals surface area contributed by atoms with Crippen LogP contribution < -0.4 is 5.32 Å². The average molecular weight is 326 g/mol. The molecule has 0 saturated carbocycles. The molecule has 1 aliphatic rings. The monoisotopic (exact) mass is 326 g/mol. The van der Waals surface area contributed by atoms with E-state index in [9.17, 15) is 13.2 Å². The van der Waals surface area contributed by atoms with Gasteiger partial charge in [-0.25, -0.2) is 13.2 Å². The second-order valence-corrected chi connectivity index (χ2v) is 7.78. The summed E-state index contributed by atoms with van der Waals surface area (Å²) in [6.45, 7) is 2.09. The van der Waals surface area contributed by atoms with Crippen LogP contribution in [0.1, 0.15) is 12.0 Å². The zero-order valence-electron chi connectivity index (χ0n) is 12.7. The molecule has 1 aromatic carbocycles. The molecule has 7 heteroatoms. The summed E-state index contributed by atoms with van der Waals surface area (Å²) >= 11 is 0. The number of hydrogen-bond acceptors (Lipinski definition) is 4. The van der Waals surface area contributed by atoms with E-state index in [1.807, 2.05) is 30.3 Å². The SMILES string of the molecule is CS(=O)(=O)C1CCN(C(=O)NCCOCc2ccccc2)C1. The molecule has 1 saturated heterocycles. The fraction of sp³-hybridized carbons (Fsp3) is 0.533. The van der Waals surface area contributed by atoms with Crippen molar-refractivity contribution in [2.45, 2.75) is 18.3 Å². The standard InChI is InChI=1S/C15H22N2O4S/c1-22(19,20)14-7-9-17(11-14)15(18)16-8-10-21-12-13-5-3-2-4-6-13/h2-6,14H,7-12H2,1H3,(H,16,18). The molecule has 1 aromatic rings. The van der Waals surface area contributed by atoms with Crippen LogP contribution in [0.15, 0.2) is 30.3 Å². The number of amides is 2. The summed E-state index contributed by atoms with van der Waals surface area (Å²) in [4.78, 5) is 13.5. The number of urea groups is 1. The molecular formula is C15H22N2O4S. The van der Waals surface area contributed by atoms with Gasteiger partial charge in [-0.1, -0.05) is 30.3 Å². The van der Waals surface area contributed by atoms with Crippen molar-refractivity contribution < 1.29 is 17.9 Å². The van der Waals surface area contributed by atoms with Crippen LogP contribution in [-0.2, 0) is 21.2 Å². The summed E-state index contributed by atoms with van der Waals surface area (Å²) in [6.07, 6.45) is 1.73. The Morgan fingerprint density at radius 2 is 2.09 bits per heavy atom. The summed E-state index contributed by atoms with van der Waals surface area (Å²) in [5.74, 6) is 0. The number of carbonyl (C=O) groups excluding carboxylic acids is 1. The minimum Gasteiger partial charge on any atom is -0.375 e. The second-order valence-electron chi connectivity index (χ2n) is 5.46. The lowest BCUT2D eigenvalue weighted by atomic mass is 10.2. The number of rotatable bonds is 6. The van der Waals surface area contributed by atoms with Crippen LogP contribution in [0, 0.1) is 0 Å². The Bertz CT molecular complexity index is 589. The van der Waals surface area contributed by atoms with Crippen molar-refractivity contribution in [2.24, 2.45) is 0 Å². The van der Waals surface area contributed by atoms with Gasteiger partial charge in [-0.15, -0.1) is 0 Å². The first-order valence-corrected chi connectivity index (χ1v) is 9.25. The van der Waals surface area contributed by atoms with Crippen LogP contribution in [-0.4, -0.2) is 57.1 Å². The fourth-order valence-electron chi connectivity index (χ4n) is 2.37. The van der Waals surface area contributed by atoms with E-state index >= 15 is 0 Å². The maximum absolute atomic E-state index is 11.9. The van der Waals surface area contributed by atoms with Gasteiger partial charge in [-0.2, -0.15) is 0 Å². The molecule has 1 fully saturated rings. The number of carbonyl (C=O) groups is 1. The topological polar surface area (TPSA) is 75.7 Å². The Kier molecular flexibility index (Phi) is 5.79. The van der Waals surface area contributed by atoms with Gasteiger partial charge < -0.3 is 15.0 Å². The summed E-state index contributed by atoms with van der Waals surface area (Å²) in [6, 6.07) is 9.58. The minimum atomic E-state index is -3.08. The Labute approximate surface area is 131 Å². The molecular weight excluding hydrogens is 304 g/mol. The zero-order chi connectivity index (χ0) is 16.0. The summed E-state index contributed by atoms with van der Waals surface area (Å²) in [7, 11) is -3.08. The maximum atomic E-state index is 11.9. The minimum absolute atomic E-state index is 0.227. The van der Waals surface area contributed by atoms with Crippen LogP contribution in [0.2, 0.25) is 0 Å². The van der Waals surface area contributed by atoms with Gasteiger partial charge in [0.15, 0.2) is 9.84 Å². The number of benzene rings is 1. The Hall–Kier alpha value is -1.60. The Morgan fingerprint density at radius 3 is 2.73 bits per heavy atom. The third-order valence-electron chi connectivity index (χ3n) is 3.67. The quantitative estimate of drug-likeness (QED) is 0.792. The molecule has 0 bridgehead atoms. The van der Waals surface area contributed by atoms with E-state index in [0.717, 1.165) is 5.56 Å². The number of ether oxygens (including phenoxy) is 1. The van der Waals surface area contributed by atoms with E-state index in [4.69, 9.17) is 4.74 Å². The molecule has 1 unspecified atom stereocenters. The van der Waals surface area contributed by atoms with Gasteiger partial charge in [0.2, 0.25) is 0 Å². The van der Waals surface area contributed by atoms with Crippen LogP contribution in [0.4, 0.5) is 4.79 Å². The van der Waals surface area contributed by atoms with Gasteiger partial charge in [0.25, 0.3) is 0 Å². The molecule has 1 atom stereocenters. The first kappa shape index (κ1) is 16.8. The number of likely N-dealkylation sites (tertiary alicyclic amines) is 1. The van der Waals surface area contributed by atoms with Gasteiger partial charge in [0.1, 0.15) is 0 Å². The van der Waals surface area contributed by atoms with E-state index in [1.165, 1.54) is 6.26 Å². The van der Waals surface area contributed by atoms with Gasteiger partial charge in [-0.05, 0) is 12.0 Å². The molecule has 1 aliphatic heterocycles. The first-order valence-electron chi connectivity index (χ1n) is 7.30. The van der Waals surface area contributed by atoms with Crippen molar-refractivity contribution in [3.8, 4) is 0 Å². The van der Waals surface area contributed by atoms with E-state index < -0.39 is 15.1 Å². The van der Waals surface area contributed by atoms with Crippen molar-refractivity contribution >= 4 is 15.9 Å². The average Bonchev–Trinajstić information content (AvgIpc) is 2.98. The van der Waals surface area contributed by atoms with Crippen molar-refractivity contribution in [3.63, 3.8) is 0 Å². The molecule has 1 N–H and O–H groups in total. The van der Waals surface area contributed by atoms with Gasteiger partial charge in [0, 0.05) is 25.9 Å². The number of hydrogen-bond donors (Lipinski definition) is 1. The maximum Gasteiger partial charge on any atom is 0.317 e. The highest BCUT2D eigenvalue weighted by molar-refractivity contribution is 7.91. The van der Waals surface area contributed by atoms with Gasteiger partial charge in [0.05, 0.1) is 18.5 Å². The highest BCUT2D eigenvalue weighted by atomic mass is 32.2. The largest absolute Gasteiger partial charge is 0.375 e. The normalized spacial score (nSPS) is 18.4. The van der Waals surface area contributed by atoms with E-state index in [1.54, 1.807) is 4.90 Å². The number of sulfone groups is 1. The van der Waals surface area contributed by atoms with Crippen molar-refractivity contribution in [3.05, 3.63) is 35.9 Å². The fourth-order valence-corrected chi connectivity index (χ4v) is 3.35. The van der Waals surface area contributed by atoms with Crippen molar-refractivity contribution in [1.29, 1.82) is 0 Å². The molecule has 0 aliphatic carbocycles. The molecule has 0 spiro atoms. The Morgan fingerprint density at radius 1 is 1.36 bits per heavy atom. The lowest BCUT2D eigenvalue weighted by Crippen LogP contribution is -2.40. The van der Waals surface area contributed by atoms with Gasteiger partial charge >= 0.3 is 6.03 Å². The third kappa shape index (κ3) is 4.99. The van der Waals surface area contributed by atoms with E-state index in [-0.39, 0.29) is 12.6 Å². The van der Waals surface area contributed by atoms with Crippen molar-refractivity contribution in [1.82, 2.24) is 10.2 Å². The van der Waals surface area contributed by atoms with E-state index in [0.29, 0.717) is 32.7 Å². The molecule has 22 heavy (non-hydrogen) atoms. The smallest absolute Gasteiger partial charge is 0.317 e. The predicted molar refractivity (Wildman–Crippen MR) is 84.3 cm³/mol. The van der Waals surface area contributed by atoms with Crippen LogP contribution in [0.3, 0.4) is 0 Å². The third-order valence-corrected chi connectivity index (χ3v) is 5.27. The molecule has 122 valence electrons. The Balaban J connectivity index is 1.62. The summed E-state index contributed by atoms with van der Waals surface area (Å²) < 4.78 is 28.4. The molecule has 1 heterocycles. The molecule has 0 aromatic heterocycles. The zero-order valence-corrected chi connectivity index (χ0v) is 13.5.